The van der Waals surface area contributed by atoms with Gasteiger partial charge in [-0.25, -0.2) is 9.79 Å². The number of carbonyl (C=O) groups excluding carboxylic acids is 1. The second-order valence-electron chi connectivity index (χ2n) is 10.8. The molecule has 6 rings (SSSR count). The van der Waals surface area contributed by atoms with Gasteiger partial charge in [0.05, 0.1) is 42.7 Å². The molecule has 1 aliphatic rings. The second kappa shape index (κ2) is 14.9. The Labute approximate surface area is 301 Å². The average Bonchev–Trinajstić information content (AvgIpc) is 3.41. The second-order valence-corrected chi connectivity index (χ2v) is 13.0. The highest BCUT2D eigenvalue weighted by Crippen LogP contribution is 2.38. The van der Waals surface area contributed by atoms with Gasteiger partial charge in [0.25, 0.3) is 5.56 Å². The number of hydrogen-bond donors (Lipinski definition) is 0. The van der Waals surface area contributed by atoms with E-state index in [1.54, 1.807) is 67.6 Å². The summed E-state index contributed by atoms with van der Waals surface area (Å²) in [7, 11) is 3.06. The third-order valence-electron chi connectivity index (χ3n) is 7.75. The summed E-state index contributed by atoms with van der Waals surface area (Å²) in [4.78, 5) is 33.6. The molecule has 8 nitrogen and oxygen atoms in total. The number of nitrogens with zero attached hydrogens (tertiary/aromatic N) is 2. The van der Waals surface area contributed by atoms with Crippen LogP contribution in [0, 0.1) is 0 Å². The van der Waals surface area contributed by atoms with E-state index >= 15 is 0 Å². The molecule has 1 aromatic heterocycles. The number of halogens is 3. The first-order valence-corrected chi connectivity index (χ1v) is 17.0. The van der Waals surface area contributed by atoms with Crippen LogP contribution in [0.15, 0.2) is 100 Å². The zero-order valence-corrected chi connectivity index (χ0v) is 29.6. The molecule has 0 radical (unpaired) electrons. The fourth-order valence-electron chi connectivity index (χ4n) is 5.48. The number of hydrogen-bond acceptors (Lipinski definition) is 8. The molecule has 0 unspecified atom stereocenters. The molecule has 0 bridgehead atoms. The van der Waals surface area contributed by atoms with E-state index in [9.17, 15) is 9.59 Å². The predicted molar refractivity (Wildman–Crippen MR) is 193 cm³/mol. The normalized spacial score (nSPS) is 14.2. The largest absolute Gasteiger partial charge is 0.493 e. The van der Waals surface area contributed by atoms with E-state index in [-0.39, 0.29) is 24.3 Å². The van der Waals surface area contributed by atoms with Crippen molar-refractivity contribution in [3.05, 3.63) is 148 Å². The molecule has 2 heterocycles. The first-order valence-electron chi connectivity index (χ1n) is 15.1. The van der Waals surface area contributed by atoms with Crippen LogP contribution in [0.3, 0.4) is 0 Å². The van der Waals surface area contributed by atoms with Crippen molar-refractivity contribution in [2.24, 2.45) is 4.99 Å². The molecule has 49 heavy (non-hydrogen) atoms. The Morgan fingerprint density at radius 2 is 1.61 bits per heavy atom. The number of methoxy groups -OCH3 is 2. The third-order valence-corrected chi connectivity index (χ3v) is 9.56. The molecule has 0 spiro atoms. The number of ether oxygens (including phenoxy) is 4. The Morgan fingerprint density at radius 1 is 0.898 bits per heavy atom. The molecule has 250 valence electrons. The zero-order chi connectivity index (χ0) is 34.7. The van der Waals surface area contributed by atoms with Crippen molar-refractivity contribution in [3.63, 3.8) is 0 Å². The maximum atomic E-state index is 14.4. The average molecular weight is 736 g/mol. The third kappa shape index (κ3) is 7.12. The van der Waals surface area contributed by atoms with Gasteiger partial charge in [0.15, 0.2) is 16.3 Å². The van der Waals surface area contributed by atoms with E-state index in [2.05, 4.69) is 0 Å². The summed E-state index contributed by atoms with van der Waals surface area (Å²) >= 11 is 20.1. The molecule has 1 atom stereocenters. The number of thiazole rings is 1. The minimum Gasteiger partial charge on any atom is -0.493 e. The van der Waals surface area contributed by atoms with Gasteiger partial charge in [-0.15, -0.1) is 0 Å². The van der Waals surface area contributed by atoms with Gasteiger partial charge in [-0.05, 0) is 61.0 Å². The lowest BCUT2D eigenvalue weighted by Crippen LogP contribution is -2.40. The van der Waals surface area contributed by atoms with Gasteiger partial charge >= 0.3 is 5.97 Å². The summed E-state index contributed by atoms with van der Waals surface area (Å²) in [5.41, 5.74) is 2.84. The number of rotatable bonds is 10. The molecule has 0 N–H and O–H groups in total. The monoisotopic (exact) mass is 734 g/mol. The van der Waals surface area contributed by atoms with Gasteiger partial charge in [-0.2, -0.15) is 0 Å². The van der Waals surface area contributed by atoms with E-state index < -0.39 is 12.0 Å². The lowest BCUT2D eigenvalue weighted by atomic mass is 9.93. The molecule has 0 saturated heterocycles. The first-order chi connectivity index (χ1) is 23.7. The quantitative estimate of drug-likeness (QED) is 0.138. The van der Waals surface area contributed by atoms with Crippen molar-refractivity contribution in [2.75, 3.05) is 20.8 Å². The molecule has 0 fully saturated rings. The summed E-state index contributed by atoms with van der Waals surface area (Å²) in [5, 5.41) is 1.44. The first kappa shape index (κ1) is 34.3. The summed E-state index contributed by atoms with van der Waals surface area (Å²) in [6.45, 7) is 2.02. The fraction of sp³-hybridized carbons (Fsp3) is 0.162. The van der Waals surface area contributed by atoms with Crippen molar-refractivity contribution in [1.82, 2.24) is 4.57 Å². The maximum absolute atomic E-state index is 14.4. The topological polar surface area (TPSA) is 88.4 Å². The van der Waals surface area contributed by atoms with Crippen molar-refractivity contribution < 1.29 is 23.7 Å². The van der Waals surface area contributed by atoms with Crippen LogP contribution in [0.25, 0.3) is 11.8 Å². The Balaban J connectivity index is 1.55. The number of carbonyl (C=O) groups is 1. The van der Waals surface area contributed by atoms with Crippen molar-refractivity contribution in [1.29, 1.82) is 0 Å². The van der Waals surface area contributed by atoms with Crippen molar-refractivity contribution in [3.8, 4) is 17.2 Å². The van der Waals surface area contributed by atoms with Gasteiger partial charge in [0.2, 0.25) is 0 Å². The van der Waals surface area contributed by atoms with Crippen LogP contribution in [-0.2, 0) is 16.1 Å². The van der Waals surface area contributed by atoms with Crippen molar-refractivity contribution >= 4 is 63.9 Å². The van der Waals surface area contributed by atoms with Gasteiger partial charge in [-0.1, -0.05) is 88.6 Å². The molecule has 12 heteroatoms. The molecule has 4 aromatic carbocycles. The summed E-state index contributed by atoms with van der Waals surface area (Å²) in [6.07, 6.45) is 1.70. The van der Waals surface area contributed by atoms with E-state index in [4.69, 9.17) is 58.7 Å². The van der Waals surface area contributed by atoms with Crippen LogP contribution in [0.5, 0.6) is 17.2 Å². The van der Waals surface area contributed by atoms with Gasteiger partial charge in [0.1, 0.15) is 12.4 Å². The van der Waals surface area contributed by atoms with Crippen LogP contribution in [0.2, 0.25) is 15.1 Å². The Morgan fingerprint density at radius 3 is 2.33 bits per heavy atom. The molecular weight excluding hydrogens is 707 g/mol. The van der Waals surface area contributed by atoms with Crippen LogP contribution < -0.4 is 29.1 Å². The van der Waals surface area contributed by atoms with Crippen LogP contribution in [-0.4, -0.2) is 31.4 Å². The number of esters is 1. The smallest absolute Gasteiger partial charge is 0.338 e. The lowest BCUT2D eigenvalue weighted by Gasteiger charge is -2.26. The van der Waals surface area contributed by atoms with E-state index in [1.807, 2.05) is 30.3 Å². The standard InChI is InChI=1S/C37H29Cl3N2O6S/c1-4-47-36(44)32-33(21-8-6-5-7-9-21)41-37-42(34(32)22-11-14-29(45-2)30(17-22)46-3)35(43)31(49-37)18-24-16-25(38)13-15-28(24)48-20-23-10-12-26(39)19-27(23)40/h5-19,34H,4,20H2,1-3H3/b31-18-/t34-/m0/s1. The number of aromatic nitrogens is 1. The fourth-order valence-corrected chi connectivity index (χ4v) is 7.11. The predicted octanol–water partition coefficient (Wildman–Crippen LogP) is 7.49. The van der Waals surface area contributed by atoms with Crippen LogP contribution in [0.4, 0.5) is 0 Å². The lowest BCUT2D eigenvalue weighted by molar-refractivity contribution is -0.138. The van der Waals surface area contributed by atoms with Gasteiger partial charge in [-0.3, -0.25) is 9.36 Å². The molecule has 5 aromatic rings. The summed E-state index contributed by atoms with van der Waals surface area (Å²) in [6, 6.07) is 24.0. The Hall–Kier alpha value is -4.54. The molecular formula is C37H29Cl3N2O6S. The maximum Gasteiger partial charge on any atom is 0.338 e. The van der Waals surface area contributed by atoms with Crippen LogP contribution >= 0.6 is 46.1 Å². The summed E-state index contributed by atoms with van der Waals surface area (Å²) in [5.74, 6) is 0.822. The minimum absolute atomic E-state index is 0.131. The van der Waals surface area contributed by atoms with E-state index in [1.165, 1.54) is 30.1 Å². The summed E-state index contributed by atoms with van der Waals surface area (Å²) < 4.78 is 24.7. The van der Waals surface area contributed by atoms with Gasteiger partial charge < -0.3 is 18.9 Å². The minimum atomic E-state index is -0.908. The Bertz CT molecular complexity index is 2270. The molecule has 0 amide bonds. The van der Waals surface area contributed by atoms with Crippen molar-refractivity contribution in [2.45, 2.75) is 19.6 Å². The van der Waals surface area contributed by atoms with Gasteiger partial charge in [0, 0.05) is 31.8 Å². The Kier molecular flexibility index (Phi) is 10.5. The number of benzene rings is 4. The molecule has 0 aliphatic carbocycles. The highest BCUT2D eigenvalue weighted by Gasteiger charge is 2.35. The highest BCUT2D eigenvalue weighted by atomic mass is 35.5. The molecule has 1 aliphatic heterocycles. The highest BCUT2D eigenvalue weighted by molar-refractivity contribution is 7.07. The van der Waals surface area contributed by atoms with Crippen LogP contribution in [0.1, 0.15) is 35.2 Å². The molecule has 0 saturated carbocycles. The van der Waals surface area contributed by atoms with E-state index in [0.717, 1.165) is 5.56 Å². The number of fused-ring (bicyclic) bond motifs is 1. The zero-order valence-electron chi connectivity index (χ0n) is 26.5. The SMILES string of the molecule is CCOC(=O)C1=C(c2ccccc2)N=c2s/c(=C\c3cc(Cl)ccc3OCc3ccc(Cl)cc3Cl)c(=O)n2[C@H]1c1ccc(OC)c(OC)c1. The van der Waals surface area contributed by atoms with E-state index in [0.29, 0.717) is 64.0 Å².